The first kappa shape index (κ1) is 17.6. The molecule has 0 aliphatic rings. The van der Waals surface area contributed by atoms with Gasteiger partial charge in [0.05, 0.1) is 17.1 Å². The number of aliphatic hydroxyl groups is 1. The Morgan fingerprint density at radius 2 is 2.14 bits per heavy atom. The molecule has 2 N–H and O–H groups in total. The van der Waals surface area contributed by atoms with Gasteiger partial charge in [-0.25, -0.2) is 4.79 Å². The molecule has 0 aromatic heterocycles. The molecule has 0 aliphatic carbocycles. The molecule has 0 atom stereocenters. The predicted molar refractivity (Wildman–Crippen MR) is 82.3 cm³/mol. The fourth-order valence-electron chi connectivity index (χ4n) is 1.67. The van der Waals surface area contributed by atoms with E-state index in [1.54, 1.807) is 39.0 Å². The molecule has 120 valence electrons. The van der Waals surface area contributed by atoms with Crippen LogP contribution in [0.25, 0.3) is 6.08 Å². The first-order valence-electron chi connectivity index (χ1n) is 6.74. The normalized spacial score (nSPS) is 11.5. The number of alkyl carbamates (subject to hydrolysis) is 1. The van der Waals surface area contributed by atoms with Crippen molar-refractivity contribution in [2.75, 3.05) is 6.54 Å². The van der Waals surface area contributed by atoms with Crippen LogP contribution in [-0.2, 0) is 11.3 Å². The number of rotatable bonds is 5. The minimum absolute atomic E-state index is 0.119. The molecule has 0 fully saturated rings. The molecular formula is C15H20N2O5. The number of carbonyl (C=O) groups is 1. The summed E-state index contributed by atoms with van der Waals surface area (Å²) in [5, 5.41) is 22.5. The molecule has 1 rings (SSSR count). The van der Waals surface area contributed by atoms with Crippen LogP contribution >= 0.6 is 0 Å². The van der Waals surface area contributed by atoms with E-state index in [-0.39, 0.29) is 17.8 Å². The zero-order chi connectivity index (χ0) is 16.8. The summed E-state index contributed by atoms with van der Waals surface area (Å²) in [6.45, 7) is 5.18. The van der Waals surface area contributed by atoms with Gasteiger partial charge < -0.3 is 15.2 Å². The van der Waals surface area contributed by atoms with E-state index in [1.807, 2.05) is 0 Å². The number of nitro groups is 1. The van der Waals surface area contributed by atoms with E-state index in [0.29, 0.717) is 5.56 Å². The van der Waals surface area contributed by atoms with Crippen LogP contribution in [0, 0.1) is 10.1 Å². The Morgan fingerprint density at radius 3 is 2.68 bits per heavy atom. The lowest BCUT2D eigenvalue weighted by Crippen LogP contribution is -2.32. The average molecular weight is 308 g/mol. The third-order valence-electron chi connectivity index (χ3n) is 2.54. The SMILES string of the molecule is CC(C)(C)OC(=O)NCC=Cc1ccc([N+](=O)[O-])c(CO)c1. The van der Waals surface area contributed by atoms with Gasteiger partial charge in [0.1, 0.15) is 5.60 Å². The first-order valence-corrected chi connectivity index (χ1v) is 6.74. The molecule has 0 unspecified atom stereocenters. The van der Waals surface area contributed by atoms with Gasteiger partial charge in [-0.15, -0.1) is 0 Å². The van der Waals surface area contributed by atoms with Crippen LogP contribution in [0.2, 0.25) is 0 Å². The van der Waals surface area contributed by atoms with E-state index in [2.05, 4.69) is 5.32 Å². The third kappa shape index (κ3) is 5.92. The Kier molecular flexibility index (Phi) is 6.06. The number of nitro benzene ring substituents is 1. The molecule has 0 heterocycles. The van der Waals surface area contributed by atoms with Crippen molar-refractivity contribution in [3.8, 4) is 0 Å². The number of nitrogens with one attached hydrogen (secondary N) is 1. The van der Waals surface area contributed by atoms with E-state index in [0.717, 1.165) is 0 Å². The lowest BCUT2D eigenvalue weighted by molar-refractivity contribution is -0.385. The largest absolute Gasteiger partial charge is 0.444 e. The summed E-state index contributed by atoms with van der Waals surface area (Å²) in [7, 11) is 0. The highest BCUT2D eigenvalue weighted by molar-refractivity contribution is 5.68. The number of amides is 1. The summed E-state index contributed by atoms with van der Waals surface area (Å²) in [6, 6.07) is 4.44. The van der Waals surface area contributed by atoms with E-state index in [4.69, 9.17) is 9.84 Å². The monoisotopic (exact) mass is 308 g/mol. The van der Waals surface area contributed by atoms with Crippen molar-refractivity contribution in [2.45, 2.75) is 33.0 Å². The lowest BCUT2D eigenvalue weighted by Gasteiger charge is -2.19. The highest BCUT2D eigenvalue weighted by Gasteiger charge is 2.15. The van der Waals surface area contributed by atoms with Crippen molar-refractivity contribution in [3.05, 3.63) is 45.5 Å². The zero-order valence-corrected chi connectivity index (χ0v) is 12.8. The molecule has 1 amide bonds. The second kappa shape index (κ2) is 7.56. The standard InChI is InChI=1S/C15H20N2O5/c1-15(2,3)22-14(19)16-8-4-5-11-6-7-13(17(20)21)12(9-11)10-18/h4-7,9,18H,8,10H2,1-3H3,(H,16,19). The topological polar surface area (TPSA) is 102 Å². The highest BCUT2D eigenvalue weighted by Crippen LogP contribution is 2.20. The molecule has 0 bridgehead atoms. The summed E-state index contributed by atoms with van der Waals surface area (Å²) >= 11 is 0. The smallest absolute Gasteiger partial charge is 0.407 e. The van der Waals surface area contributed by atoms with Gasteiger partial charge in [0.15, 0.2) is 0 Å². The molecule has 0 saturated heterocycles. The number of hydrogen-bond donors (Lipinski definition) is 2. The summed E-state index contributed by atoms with van der Waals surface area (Å²) in [5.74, 6) is 0. The molecule has 1 aromatic carbocycles. The van der Waals surface area contributed by atoms with E-state index in [9.17, 15) is 14.9 Å². The Bertz CT molecular complexity index is 576. The number of aliphatic hydroxyl groups excluding tert-OH is 1. The third-order valence-corrected chi connectivity index (χ3v) is 2.54. The fourth-order valence-corrected chi connectivity index (χ4v) is 1.67. The van der Waals surface area contributed by atoms with Gasteiger partial charge in [0, 0.05) is 12.6 Å². The molecule has 1 aromatic rings. The van der Waals surface area contributed by atoms with Gasteiger partial charge in [-0.2, -0.15) is 0 Å². The van der Waals surface area contributed by atoms with Crippen LogP contribution < -0.4 is 5.32 Å². The Hall–Kier alpha value is -2.41. The fraction of sp³-hybridized carbons (Fsp3) is 0.400. The molecule has 0 aliphatic heterocycles. The molecule has 0 radical (unpaired) electrons. The Balaban J connectivity index is 2.60. The number of hydrogen-bond acceptors (Lipinski definition) is 5. The second-order valence-corrected chi connectivity index (χ2v) is 5.59. The Labute approximate surface area is 128 Å². The van der Waals surface area contributed by atoms with Crippen LogP contribution in [0.1, 0.15) is 31.9 Å². The van der Waals surface area contributed by atoms with Gasteiger partial charge >= 0.3 is 6.09 Å². The summed E-state index contributed by atoms with van der Waals surface area (Å²) in [5.41, 5.74) is 0.266. The summed E-state index contributed by atoms with van der Waals surface area (Å²) in [6.07, 6.45) is 2.86. The van der Waals surface area contributed by atoms with Crippen molar-refractivity contribution in [2.24, 2.45) is 0 Å². The minimum atomic E-state index is -0.553. The first-order chi connectivity index (χ1) is 10.2. The maximum atomic E-state index is 11.4. The zero-order valence-electron chi connectivity index (χ0n) is 12.8. The van der Waals surface area contributed by atoms with Gasteiger partial charge in [-0.05, 0) is 38.5 Å². The van der Waals surface area contributed by atoms with Crippen molar-refractivity contribution >= 4 is 17.9 Å². The molecule has 0 saturated carbocycles. The lowest BCUT2D eigenvalue weighted by atomic mass is 10.1. The van der Waals surface area contributed by atoms with E-state index in [1.165, 1.54) is 12.1 Å². The molecule has 7 heteroatoms. The molecule has 0 spiro atoms. The van der Waals surface area contributed by atoms with Crippen molar-refractivity contribution in [3.63, 3.8) is 0 Å². The van der Waals surface area contributed by atoms with Crippen LogP contribution in [0.3, 0.4) is 0 Å². The van der Waals surface area contributed by atoms with E-state index < -0.39 is 23.2 Å². The van der Waals surface area contributed by atoms with Crippen molar-refractivity contribution in [1.29, 1.82) is 0 Å². The maximum Gasteiger partial charge on any atom is 0.407 e. The van der Waals surface area contributed by atoms with Gasteiger partial charge in [-0.1, -0.05) is 12.2 Å². The quantitative estimate of drug-likeness (QED) is 0.643. The van der Waals surface area contributed by atoms with Crippen molar-refractivity contribution < 1.29 is 19.6 Å². The van der Waals surface area contributed by atoms with Gasteiger partial charge in [-0.3, -0.25) is 10.1 Å². The minimum Gasteiger partial charge on any atom is -0.444 e. The number of benzene rings is 1. The molecular weight excluding hydrogens is 288 g/mol. The summed E-state index contributed by atoms with van der Waals surface area (Å²) < 4.78 is 5.08. The van der Waals surface area contributed by atoms with Gasteiger partial charge in [0.2, 0.25) is 0 Å². The van der Waals surface area contributed by atoms with Crippen LogP contribution in [-0.4, -0.2) is 28.3 Å². The van der Waals surface area contributed by atoms with Crippen molar-refractivity contribution in [1.82, 2.24) is 5.32 Å². The average Bonchev–Trinajstić information content (AvgIpc) is 2.41. The molecule has 7 nitrogen and oxygen atoms in total. The number of ether oxygens (including phenoxy) is 1. The number of carbonyl (C=O) groups excluding carboxylic acids is 1. The van der Waals surface area contributed by atoms with Crippen LogP contribution in [0.15, 0.2) is 24.3 Å². The van der Waals surface area contributed by atoms with Crippen LogP contribution in [0.4, 0.5) is 10.5 Å². The van der Waals surface area contributed by atoms with E-state index >= 15 is 0 Å². The van der Waals surface area contributed by atoms with Gasteiger partial charge in [0.25, 0.3) is 5.69 Å². The van der Waals surface area contributed by atoms with Crippen LogP contribution in [0.5, 0.6) is 0 Å². The highest BCUT2D eigenvalue weighted by atomic mass is 16.6. The Morgan fingerprint density at radius 1 is 1.45 bits per heavy atom. The number of nitrogens with zero attached hydrogens (tertiary/aromatic N) is 1. The molecule has 22 heavy (non-hydrogen) atoms. The predicted octanol–water partition coefficient (Wildman–Crippen LogP) is 2.63. The summed E-state index contributed by atoms with van der Waals surface area (Å²) in [4.78, 5) is 21.6. The second-order valence-electron chi connectivity index (χ2n) is 5.59. The maximum absolute atomic E-state index is 11.4.